The van der Waals surface area contributed by atoms with Gasteiger partial charge >= 0.3 is 20.1 Å². The zero-order chi connectivity index (χ0) is 26.9. The van der Waals surface area contributed by atoms with Gasteiger partial charge in [-0.15, -0.1) is 59.5 Å². The molecule has 0 radical (unpaired) electrons. The molecular formula is C36H29IrN4. The molecule has 0 atom stereocenters. The molecule has 0 saturated heterocycles. The second-order valence-electron chi connectivity index (χ2n) is 10.1. The van der Waals surface area contributed by atoms with E-state index in [4.69, 9.17) is 0 Å². The SMILES string of the molecule is CCCCN1C=CN(c2[c-]c3c4cccc5c6ccccc6n(c3cc2)c45)[CH-]1.[Ir+3].[c-]1ccccc1-c1ccccn1. The molecule has 0 fully saturated rings. The number of nitrogens with zero attached hydrogens (tertiary/aromatic N) is 4. The number of aromatic nitrogens is 2. The number of hydrogen-bond donors (Lipinski definition) is 0. The minimum absolute atomic E-state index is 0. The second-order valence-corrected chi connectivity index (χ2v) is 10.1. The third-order valence-electron chi connectivity index (χ3n) is 7.50. The van der Waals surface area contributed by atoms with Crippen LogP contribution in [0.2, 0.25) is 0 Å². The Morgan fingerprint density at radius 1 is 0.780 bits per heavy atom. The van der Waals surface area contributed by atoms with Crippen molar-refractivity contribution in [3.63, 3.8) is 0 Å². The van der Waals surface area contributed by atoms with Crippen molar-refractivity contribution < 1.29 is 20.1 Å². The fourth-order valence-electron chi connectivity index (χ4n) is 5.57. The van der Waals surface area contributed by atoms with E-state index in [1.54, 1.807) is 6.20 Å². The molecule has 4 nitrogen and oxygen atoms in total. The first-order valence-electron chi connectivity index (χ1n) is 13.9. The first kappa shape index (κ1) is 27.0. The zero-order valence-electron chi connectivity index (χ0n) is 22.8. The maximum Gasteiger partial charge on any atom is 3.00 e. The second kappa shape index (κ2) is 11.7. The number of unbranched alkanes of at least 4 members (excludes halogenated alkanes) is 1. The summed E-state index contributed by atoms with van der Waals surface area (Å²) in [6.45, 7) is 5.45. The average Bonchev–Trinajstić information content (AvgIpc) is 3.73. The predicted molar refractivity (Wildman–Crippen MR) is 166 cm³/mol. The smallest absolute Gasteiger partial charge is 0.508 e. The molecule has 3 aromatic heterocycles. The van der Waals surface area contributed by atoms with Gasteiger partial charge in [0.25, 0.3) is 0 Å². The molecule has 0 spiro atoms. The van der Waals surface area contributed by atoms with E-state index in [9.17, 15) is 0 Å². The van der Waals surface area contributed by atoms with Crippen molar-refractivity contribution in [2.75, 3.05) is 11.4 Å². The molecule has 0 aliphatic carbocycles. The van der Waals surface area contributed by atoms with Crippen molar-refractivity contribution in [2.45, 2.75) is 19.8 Å². The summed E-state index contributed by atoms with van der Waals surface area (Å²) >= 11 is 0. The summed E-state index contributed by atoms with van der Waals surface area (Å²) in [7, 11) is 0. The topological polar surface area (TPSA) is 23.8 Å². The fourth-order valence-corrected chi connectivity index (χ4v) is 5.57. The summed E-state index contributed by atoms with van der Waals surface area (Å²) in [6, 6.07) is 40.2. The van der Waals surface area contributed by atoms with Crippen LogP contribution < -0.4 is 4.90 Å². The van der Waals surface area contributed by atoms with Gasteiger partial charge in [0.05, 0.1) is 0 Å². The van der Waals surface area contributed by atoms with Crippen molar-refractivity contribution in [1.82, 2.24) is 14.3 Å². The molecule has 41 heavy (non-hydrogen) atoms. The van der Waals surface area contributed by atoms with Gasteiger partial charge in [-0.1, -0.05) is 72.9 Å². The summed E-state index contributed by atoms with van der Waals surface area (Å²) in [5.41, 5.74) is 6.89. The van der Waals surface area contributed by atoms with E-state index in [0.29, 0.717) is 0 Å². The number of anilines is 1. The number of para-hydroxylation sites is 2. The Morgan fingerprint density at radius 3 is 2.44 bits per heavy atom. The van der Waals surface area contributed by atoms with Gasteiger partial charge in [0.2, 0.25) is 0 Å². The molecule has 0 unspecified atom stereocenters. The van der Waals surface area contributed by atoms with Crippen molar-refractivity contribution in [3.05, 3.63) is 134 Å². The van der Waals surface area contributed by atoms with E-state index in [1.807, 2.05) is 42.5 Å². The minimum Gasteiger partial charge on any atom is -0.508 e. The molecule has 4 heterocycles. The third-order valence-corrected chi connectivity index (χ3v) is 7.50. The maximum atomic E-state index is 4.22. The van der Waals surface area contributed by atoms with Crippen LogP contribution in [-0.4, -0.2) is 20.8 Å². The average molecular weight is 710 g/mol. The van der Waals surface area contributed by atoms with Crippen LogP contribution in [0, 0.1) is 18.8 Å². The summed E-state index contributed by atoms with van der Waals surface area (Å²) < 4.78 is 2.40. The van der Waals surface area contributed by atoms with E-state index < -0.39 is 0 Å². The standard InChI is InChI=1S/C25H21N3.C11H8N.Ir/c1-2-3-13-26-14-15-27(17-26)18-11-12-24-22(16-18)21-9-6-8-20-19-7-4-5-10-23(19)28(24)25(20)21;1-2-6-10(7-3-1)11-8-4-5-9-12-11;/h4-12,14-15,17H,2-3,13H2,1H3;1-6,8-9H;/q-2;-1;+3. The zero-order valence-corrected chi connectivity index (χ0v) is 25.2. The Labute approximate surface area is 254 Å². The van der Waals surface area contributed by atoms with E-state index >= 15 is 0 Å². The number of fused-ring (bicyclic) bond motifs is 6. The van der Waals surface area contributed by atoms with E-state index in [1.165, 1.54) is 50.9 Å². The maximum absolute atomic E-state index is 4.22. The van der Waals surface area contributed by atoms with Crippen LogP contribution in [0.1, 0.15) is 19.8 Å². The molecule has 202 valence electrons. The van der Waals surface area contributed by atoms with Gasteiger partial charge in [-0.25, -0.2) is 0 Å². The molecule has 0 saturated carbocycles. The molecule has 1 aliphatic rings. The predicted octanol–water partition coefficient (Wildman–Crippen LogP) is 8.70. The third kappa shape index (κ3) is 4.97. The van der Waals surface area contributed by atoms with Gasteiger partial charge < -0.3 is 19.2 Å². The number of pyridine rings is 1. The molecule has 0 bridgehead atoms. The molecule has 0 amide bonds. The van der Waals surface area contributed by atoms with Crippen LogP contribution in [0.4, 0.5) is 5.69 Å². The first-order chi connectivity index (χ1) is 19.8. The quantitative estimate of drug-likeness (QED) is 0.167. The van der Waals surface area contributed by atoms with Crippen molar-refractivity contribution in [1.29, 1.82) is 0 Å². The number of rotatable bonds is 5. The summed E-state index contributed by atoms with van der Waals surface area (Å²) in [6.07, 6.45) is 8.47. The fraction of sp³-hybridized carbons (Fsp3) is 0.111. The Bertz CT molecular complexity index is 1890. The molecule has 7 aromatic rings. The van der Waals surface area contributed by atoms with Gasteiger partial charge in [-0.05, 0) is 54.1 Å². The van der Waals surface area contributed by atoms with Crippen LogP contribution >= 0.6 is 0 Å². The Hall–Kier alpha value is -4.18. The van der Waals surface area contributed by atoms with E-state index in [2.05, 4.69) is 112 Å². The van der Waals surface area contributed by atoms with Crippen molar-refractivity contribution in [2.24, 2.45) is 0 Å². The summed E-state index contributed by atoms with van der Waals surface area (Å²) in [5.74, 6) is 0. The molecule has 1 aliphatic heterocycles. The molecular weight excluding hydrogens is 681 g/mol. The largest absolute Gasteiger partial charge is 3.00 e. The van der Waals surface area contributed by atoms with E-state index in [-0.39, 0.29) is 20.1 Å². The molecule has 5 heteroatoms. The van der Waals surface area contributed by atoms with Crippen LogP contribution in [-0.2, 0) is 20.1 Å². The minimum atomic E-state index is 0. The van der Waals surface area contributed by atoms with Gasteiger partial charge in [-0.3, -0.25) is 0 Å². The van der Waals surface area contributed by atoms with Crippen LogP contribution in [0.5, 0.6) is 0 Å². The van der Waals surface area contributed by atoms with Gasteiger partial charge in [0.1, 0.15) is 0 Å². The van der Waals surface area contributed by atoms with Gasteiger partial charge in [0.15, 0.2) is 0 Å². The van der Waals surface area contributed by atoms with Gasteiger partial charge in [-0.2, -0.15) is 6.67 Å². The van der Waals surface area contributed by atoms with Gasteiger partial charge in [0, 0.05) is 22.6 Å². The summed E-state index contributed by atoms with van der Waals surface area (Å²) in [4.78, 5) is 8.64. The molecule has 4 aromatic carbocycles. The number of hydrogen-bond acceptors (Lipinski definition) is 3. The monoisotopic (exact) mass is 710 g/mol. The summed E-state index contributed by atoms with van der Waals surface area (Å²) in [5, 5.41) is 5.10. The normalized spacial score (nSPS) is 12.8. The Morgan fingerprint density at radius 2 is 1.61 bits per heavy atom. The van der Waals surface area contributed by atoms with Crippen molar-refractivity contribution >= 4 is 43.8 Å². The number of benzene rings is 4. The van der Waals surface area contributed by atoms with E-state index in [0.717, 1.165) is 23.5 Å². The first-order valence-corrected chi connectivity index (χ1v) is 13.9. The van der Waals surface area contributed by atoms with Crippen LogP contribution in [0.25, 0.3) is 49.4 Å². The van der Waals surface area contributed by atoms with Crippen LogP contribution in [0.3, 0.4) is 0 Å². The molecule has 8 rings (SSSR count). The molecule has 0 N–H and O–H groups in total. The van der Waals surface area contributed by atoms with Crippen molar-refractivity contribution in [3.8, 4) is 11.3 Å². The Balaban J connectivity index is 0.000000196. The Kier molecular flexibility index (Phi) is 7.73. The van der Waals surface area contributed by atoms with Crippen LogP contribution in [0.15, 0.2) is 116 Å².